The van der Waals surface area contributed by atoms with Gasteiger partial charge in [-0.15, -0.1) is 0 Å². The van der Waals surface area contributed by atoms with Crippen LogP contribution < -0.4 is 14.8 Å². The van der Waals surface area contributed by atoms with Crippen LogP contribution in [0.1, 0.15) is 21.5 Å². The minimum Gasteiger partial charge on any atom is -0.497 e. The topological polar surface area (TPSA) is 84.9 Å². The quantitative estimate of drug-likeness (QED) is 0.768. The van der Waals surface area contributed by atoms with Crippen molar-refractivity contribution in [3.63, 3.8) is 0 Å². The number of amides is 1. The summed E-state index contributed by atoms with van der Waals surface area (Å²) in [5, 5.41) is 11.8. The van der Waals surface area contributed by atoms with E-state index < -0.39 is 5.97 Å². The van der Waals surface area contributed by atoms with E-state index in [1.165, 1.54) is 12.1 Å². The highest BCUT2D eigenvalue weighted by Gasteiger charge is 2.09. The van der Waals surface area contributed by atoms with E-state index in [4.69, 9.17) is 14.6 Å². The number of carboxylic acids is 1. The SMILES string of the molecule is COc1ccc(CCNC(=O)Cc2cccc(C(=O)O)c2)c(OC)c1. The number of carbonyl (C=O) groups is 2. The molecule has 0 saturated carbocycles. The molecule has 1 amide bonds. The van der Waals surface area contributed by atoms with Crippen LogP contribution in [0.2, 0.25) is 0 Å². The maximum absolute atomic E-state index is 12.0. The number of benzene rings is 2. The van der Waals surface area contributed by atoms with Gasteiger partial charge in [0.25, 0.3) is 0 Å². The van der Waals surface area contributed by atoms with Gasteiger partial charge in [-0.1, -0.05) is 18.2 Å². The molecule has 0 aliphatic rings. The molecule has 6 nitrogen and oxygen atoms in total. The largest absolute Gasteiger partial charge is 0.497 e. The summed E-state index contributed by atoms with van der Waals surface area (Å²) < 4.78 is 10.5. The van der Waals surface area contributed by atoms with Crippen molar-refractivity contribution in [3.05, 3.63) is 59.2 Å². The Morgan fingerprint density at radius 3 is 2.56 bits per heavy atom. The maximum atomic E-state index is 12.0. The van der Waals surface area contributed by atoms with Crippen LogP contribution in [0.5, 0.6) is 11.5 Å². The lowest BCUT2D eigenvalue weighted by atomic mass is 10.1. The van der Waals surface area contributed by atoms with Crippen molar-refractivity contribution in [1.29, 1.82) is 0 Å². The van der Waals surface area contributed by atoms with Crippen LogP contribution in [0, 0.1) is 0 Å². The predicted octanol–water partition coefficient (Wildman–Crippen LogP) is 2.30. The van der Waals surface area contributed by atoms with Crippen LogP contribution in [-0.4, -0.2) is 37.7 Å². The third-order valence-corrected chi connectivity index (χ3v) is 3.75. The van der Waals surface area contributed by atoms with E-state index in [1.54, 1.807) is 32.4 Å². The molecule has 2 aromatic carbocycles. The lowest BCUT2D eigenvalue weighted by molar-refractivity contribution is -0.120. The van der Waals surface area contributed by atoms with Crippen molar-refractivity contribution in [2.24, 2.45) is 0 Å². The summed E-state index contributed by atoms with van der Waals surface area (Å²) in [6.45, 7) is 0.458. The van der Waals surface area contributed by atoms with E-state index in [-0.39, 0.29) is 17.9 Å². The molecule has 0 aliphatic carbocycles. The number of nitrogens with one attached hydrogen (secondary N) is 1. The van der Waals surface area contributed by atoms with Gasteiger partial charge in [0.1, 0.15) is 11.5 Å². The number of hydrogen-bond acceptors (Lipinski definition) is 4. The van der Waals surface area contributed by atoms with Gasteiger partial charge in [-0.05, 0) is 35.7 Å². The third kappa shape index (κ3) is 5.24. The van der Waals surface area contributed by atoms with E-state index in [0.717, 1.165) is 5.56 Å². The van der Waals surface area contributed by atoms with Crippen LogP contribution >= 0.6 is 0 Å². The first-order chi connectivity index (χ1) is 12.0. The summed E-state index contributed by atoms with van der Waals surface area (Å²) in [6.07, 6.45) is 0.759. The lowest BCUT2D eigenvalue weighted by Crippen LogP contribution is -2.27. The van der Waals surface area contributed by atoms with Gasteiger partial charge in [-0.25, -0.2) is 4.79 Å². The first-order valence-electron chi connectivity index (χ1n) is 7.83. The molecule has 0 radical (unpaired) electrons. The second kappa shape index (κ2) is 8.73. The summed E-state index contributed by atoms with van der Waals surface area (Å²) >= 11 is 0. The van der Waals surface area contributed by atoms with Crippen LogP contribution in [0.4, 0.5) is 0 Å². The van der Waals surface area contributed by atoms with Crippen LogP contribution in [0.3, 0.4) is 0 Å². The number of aromatic carboxylic acids is 1. The Hall–Kier alpha value is -3.02. The molecular formula is C19H21NO5. The fourth-order valence-electron chi connectivity index (χ4n) is 2.46. The minimum atomic E-state index is -1.01. The number of carbonyl (C=O) groups excluding carboxylic acids is 1. The molecule has 0 fully saturated rings. The van der Waals surface area contributed by atoms with E-state index in [0.29, 0.717) is 30.0 Å². The Kier molecular flexibility index (Phi) is 6.39. The summed E-state index contributed by atoms with van der Waals surface area (Å²) in [7, 11) is 3.18. The second-order valence-corrected chi connectivity index (χ2v) is 5.46. The molecule has 2 rings (SSSR count). The minimum absolute atomic E-state index is 0.140. The van der Waals surface area contributed by atoms with Gasteiger partial charge in [0.05, 0.1) is 26.2 Å². The van der Waals surface area contributed by atoms with Gasteiger partial charge in [-0.3, -0.25) is 4.79 Å². The van der Waals surface area contributed by atoms with E-state index in [2.05, 4.69) is 5.32 Å². The molecule has 25 heavy (non-hydrogen) atoms. The zero-order chi connectivity index (χ0) is 18.2. The first-order valence-corrected chi connectivity index (χ1v) is 7.83. The van der Waals surface area contributed by atoms with E-state index in [1.807, 2.05) is 12.1 Å². The summed E-state index contributed by atoms with van der Waals surface area (Å²) in [4.78, 5) is 23.0. The normalized spacial score (nSPS) is 10.2. The van der Waals surface area contributed by atoms with Crippen molar-refractivity contribution < 1.29 is 24.2 Å². The highest BCUT2D eigenvalue weighted by molar-refractivity contribution is 5.88. The van der Waals surface area contributed by atoms with Gasteiger partial charge in [-0.2, -0.15) is 0 Å². The van der Waals surface area contributed by atoms with Crippen molar-refractivity contribution >= 4 is 11.9 Å². The Bertz CT molecular complexity index is 757. The predicted molar refractivity (Wildman–Crippen MR) is 93.4 cm³/mol. The monoisotopic (exact) mass is 343 g/mol. The maximum Gasteiger partial charge on any atom is 0.335 e. The van der Waals surface area contributed by atoms with Gasteiger partial charge < -0.3 is 19.9 Å². The van der Waals surface area contributed by atoms with Crippen molar-refractivity contribution in [1.82, 2.24) is 5.32 Å². The van der Waals surface area contributed by atoms with Crippen molar-refractivity contribution in [2.75, 3.05) is 20.8 Å². The molecule has 2 aromatic rings. The molecule has 6 heteroatoms. The Morgan fingerprint density at radius 2 is 1.88 bits per heavy atom. The number of rotatable bonds is 8. The fourth-order valence-corrected chi connectivity index (χ4v) is 2.46. The first kappa shape index (κ1) is 18.3. The average molecular weight is 343 g/mol. The molecule has 132 valence electrons. The van der Waals surface area contributed by atoms with Crippen LogP contribution in [-0.2, 0) is 17.6 Å². The van der Waals surface area contributed by atoms with E-state index >= 15 is 0 Å². The highest BCUT2D eigenvalue weighted by Crippen LogP contribution is 2.24. The molecular weight excluding hydrogens is 322 g/mol. The Balaban J connectivity index is 1.88. The average Bonchev–Trinajstić information content (AvgIpc) is 2.62. The molecule has 0 unspecified atom stereocenters. The summed E-state index contributed by atoms with van der Waals surface area (Å²) in [5.41, 5.74) is 1.81. The molecule has 0 saturated heterocycles. The van der Waals surface area contributed by atoms with Gasteiger partial charge in [0.15, 0.2) is 0 Å². The van der Waals surface area contributed by atoms with Crippen molar-refractivity contribution in [2.45, 2.75) is 12.8 Å². The van der Waals surface area contributed by atoms with Crippen LogP contribution in [0.15, 0.2) is 42.5 Å². The number of methoxy groups -OCH3 is 2. The van der Waals surface area contributed by atoms with E-state index in [9.17, 15) is 9.59 Å². The molecule has 0 bridgehead atoms. The van der Waals surface area contributed by atoms with Gasteiger partial charge in [0.2, 0.25) is 5.91 Å². The third-order valence-electron chi connectivity index (χ3n) is 3.75. The molecule has 0 heterocycles. The Morgan fingerprint density at radius 1 is 1.08 bits per heavy atom. The van der Waals surface area contributed by atoms with Gasteiger partial charge in [0, 0.05) is 12.6 Å². The summed E-state index contributed by atoms with van der Waals surface area (Å²) in [6, 6.07) is 11.9. The van der Waals surface area contributed by atoms with Crippen molar-refractivity contribution in [3.8, 4) is 11.5 Å². The highest BCUT2D eigenvalue weighted by atomic mass is 16.5. The number of hydrogen-bond donors (Lipinski definition) is 2. The molecule has 2 N–H and O–H groups in total. The molecule has 0 aromatic heterocycles. The smallest absolute Gasteiger partial charge is 0.335 e. The Labute approximate surface area is 146 Å². The number of carboxylic acid groups (broad SMARTS) is 1. The zero-order valence-electron chi connectivity index (χ0n) is 14.2. The summed E-state index contributed by atoms with van der Waals surface area (Å²) in [5.74, 6) is 0.259. The molecule has 0 aliphatic heterocycles. The van der Waals surface area contributed by atoms with Gasteiger partial charge >= 0.3 is 5.97 Å². The standard InChI is InChI=1S/C19H21NO5/c1-24-16-7-6-14(17(12-16)25-2)8-9-20-18(21)11-13-4-3-5-15(10-13)19(22)23/h3-7,10,12H,8-9,11H2,1-2H3,(H,20,21)(H,22,23). The second-order valence-electron chi connectivity index (χ2n) is 5.46. The zero-order valence-corrected chi connectivity index (χ0v) is 14.2. The molecule has 0 atom stereocenters. The number of ether oxygens (including phenoxy) is 2. The fraction of sp³-hybridized carbons (Fsp3) is 0.263. The lowest BCUT2D eigenvalue weighted by Gasteiger charge is -2.11. The van der Waals surface area contributed by atoms with Crippen LogP contribution in [0.25, 0.3) is 0 Å². The molecule has 0 spiro atoms.